The molecule has 0 spiro atoms. The number of rotatable bonds is 3. The average Bonchev–Trinajstić information content (AvgIpc) is 3.05. The van der Waals surface area contributed by atoms with Crippen LogP contribution in [0.2, 0.25) is 0 Å². The van der Waals surface area contributed by atoms with Gasteiger partial charge in [0, 0.05) is 36.6 Å². The van der Waals surface area contributed by atoms with E-state index in [1.165, 1.54) is 36.9 Å². The molecule has 126 valence electrons. The molecule has 4 heteroatoms. The van der Waals surface area contributed by atoms with Gasteiger partial charge in [-0.15, -0.1) is 0 Å². The Morgan fingerprint density at radius 2 is 2.00 bits per heavy atom. The fraction of sp³-hybridized carbons (Fsp3) is 0.500. The molecule has 4 nitrogen and oxygen atoms in total. The number of hydrogen-bond acceptors (Lipinski definition) is 4. The first-order valence-electron chi connectivity index (χ1n) is 9.24. The minimum absolute atomic E-state index is 0.583. The van der Waals surface area contributed by atoms with E-state index in [2.05, 4.69) is 54.0 Å². The van der Waals surface area contributed by atoms with E-state index < -0.39 is 0 Å². The largest absolute Gasteiger partial charge is 0.338 e. The van der Waals surface area contributed by atoms with Gasteiger partial charge in [0.05, 0.1) is 0 Å². The summed E-state index contributed by atoms with van der Waals surface area (Å²) in [4.78, 5) is 14.5. The van der Waals surface area contributed by atoms with Crippen molar-refractivity contribution in [2.75, 3.05) is 22.9 Å². The third kappa shape index (κ3) is 2.74. The maximum atomic E-state index is 4.98. The number of aromatic nitrogens is 2. The molecule has 0 bridgehead atoms. The smallest absolute Gasteiger partial charge is 0.227 e. The Morgan fingerprint density at radius 3 is 2.88 bits per heavy atom. The van der Waals surface area contributed by atoms with Crippen molar-refractivity contribution in [3.63, 3.8) is 0 Å². The maximum Gasteiger partial charge on any atom is 0.227 e. The van der Waals surface area contributed by atoms with Crippen molar-refractivity contribution < 1.29 is 0 Å². The molecule has 0 radical (unpaired) electrons. The fourth-order valence-electron chi connectivity index (χ4n) is 4.07. The third-order valence-electron chi connectivity index (χ3n) is 5.35. The third-order valence-corrected chi connectivity index (χ3v) is 5.35. The van der Waals surface area contributed by atoms with Crippen LogP contribution in [0.1, 0.15) is 43.9 Å². The van der Waals surface area contributed by atoms with Gasteiger partial charge in [0.1, 0.15) is 5.82 Å². The maximum absolute atomic E-state index is 4.98. The van der Waals surface area contributed by atoms with Gasteiger partial charge in [0.15, 0.2) is 0 Å². The molecule has 1 aromatic heterocycles. The normalized spacial score (nSPS) is 20.3. The van der Waals surface area contributed by atoms with Gasteiger partial charge >= 0.3 is 0 Å². The topological polar surface area (TPSA) is 32.3 Å². The van der Waals surface area contributed by atoms with E-state index in [4.69, 9.17) is 9.97 Å². The predicted octanol–water partition coefficient (Wildman–Crippen LogP) is 4.25. The van der Waals surface area contributed by atoms with Crippen molar-refractivity contribution in [2.24, 2.45) is 0 Å². The molecular weight excluding hydrogens is 296 g/mol. The minimum Gasteiger partial charge on any atom is -0.338 e. The Kier molecular flexibility index (Phi) is 4.13. The summed E-state index contributed by atoms with van der Waals surface area (Å²) in [6.07, 6.45) is 6.09. The van der Waals surface area contributed by atoms with Gasteiger partial charge in [-0.1, -0.05) is 25.1 Å². The van der Waals surface area contributed by atoms with Crippen LogP contribution in [0.5, 0.6) is 0 Å². The molecule has 0 aliphatic carbocycles. The predicted molar refractivity (Wildman–Crippen MR) is 99.2 cm³/mol. The zero-order valence-electron chi connectivity index (χ0n) is 14.7. The van der Waals surface area contributed by atoms with Crippen LogP contribution in [0.3, 0.4) is 0 Å². The van der Waals surface area contributed by atoms with Gasteiger partial charge in [0.25, 0.3) is 0 Å². The average molecular weight is 322 g/mol. The summed E-state index contributed by atoms with van der Waals surface area (Å²) in [6.45, 7) is 6.45. The molecule has 1 atom stereocenters. The summed E-state index contributed by atoms with van der Waals surface area (Å²) in [5.74, 6) is 1.96. The Balaban J connectivity index is 1.70. The Bertz CT molecular complexity index is 727. The number of nitrogens with zero attached hydrogens (tertiary/aromatic N) is 4. The standard InChI is InChI=1S/C20H26N4/c1-3-17-9-6-7-12-23(17)20-21-15(2)14-19(22-20)24-13-11-16-8-4-5-10-18(16)24/h4-5,8,10,14,17H,3,6-7,9,11-13H2,1-2H3. The van der Waals surface area contributed by atoms with E-state index in [1.807, 2.05) is 0 Å². The fourth-order valence-corrected chi connectivity index (χ4v) is 4.07. The molecule has 1 fully saturated rings. The van der Waals surface area contributed by atoms with Gasteiger partial charge in [0.2, 0.25) is 5.95 Å². The molecule has 1 saturated heterocycles. The summed E-state index contributed by atoms with van der Waals surface area (Å²) < 4.78 is 0. The van der Waals surface area contributed by atoms with Gasteiger partial charge in [-0.05, 0) is 50.7 Å². The molecule has 2 aromatic rings. The molecule has 2 aliphatic heterocycles. The number of hydrogen-bond donors (Lipinski definition) is 0. The summed E-state index contributed by atoms with van der Waals surface area (Å²) in [7, 11) is 0. The number of fused-ring (bicyclic) bond motifs is 1. The molecule has 2 aliphatic rings. The van der Waals surface area contributed by atoms with Gasteiger partial charge in [-0.2, -0.15) is 4.98 Å². The van der Waals surface area contributed by atoms with Crippen molar-refractivity contribution in [2.45, 2.75) is 52.0 Å². The van der Waals surface area contributed by atoms with E-state index in [0.717, 1.165) is 37.0 Å². The molecule has 0 amide bonds. The summed E-state index contributed by atoms with van der Waals surface area (Å²) >= 11 is 0. The Morgan fingerprint density at radius 1 is 1.12 bits per heavy atom. The van der Waals surface area contributed by atoms with Crippen molar-refractivity contribution in [3.8, 4) is 0 Å². The van der Waals surface area contributed by atoms with E-state index in [-0.39, 0.29) is 0 Å². The zero-order chi connectivity index (χ0) is 16.5. The number of piperidine rings is 1. The number of benzene rings is 1. The Hall–Kier alpha value is -2.10. The minimum atomic E-state index is 0.583. The van der Waals surface area contributed by atoms with Gasteiger partial charge in [-0.25, -0.2) is 4.98 Å². The number of para-hydroxylation sites is 1. The van der Waals surface area contributed by atoms with E-state index in [9.17, 15) is 0 Å². The molecule has 0 N–H and O–H groups in total. The first-order chi connectivity index (χ1) is 11.8. The van der Waals surface area contributed by atoms with Gasteiger partial charge < -0.3 is 9.80 Å². The van der Waals surface area contributed by atoms with Crippen LogP contribution in [0, 0.1) is 6.92 Å². The van der Waals surface area contributed by atoms with Crippen LogP contribution >= 0.6 is 0 Å². The molecule has 0 saturated carbocycles. The highest BCUT2D eigenvalue weighted by molar-refractivity contribution is 5.68. The molecule has 4 rings (SSSR count). The van der Waals surface area contributed by atoms with Crippen molar-refractivity contribution in [1.82, 2.24) is 9.97 Å². The van der Waals surface area contributed by atoms with Gasteiger partial charge in [-0.3, -0.25) is 0 Å². The van der Waals surface area contributed by atoms with E-state index in [1.54, 1.807) is 0 Å². The van der Waals surface area contributed by atoms with Crippen LogP contribution in [-0.4, -0.2) is 29.1 Å². The molecule has 1 aromatic carbocycles. The lowest BCUT2D eigenvalue weighted by atomic mass is 10.0. The second-order valence-corrected chi connectivity index (χ2v) is 6.95. The molecular formula is C20H26N4. The highest BCUT2D eigenvalue weighted by atomic mass is 15.3. The molecule has 1 unspecified atom stereocenters. The monoisotopic (exact) mass is 322 g/mol. The summed E-state index contributed by atoms with van der Waals surface area (Å²) in [6, 6.07) is 11.4. The number of anilines is 3. The highest BCUT2D eigenvalue weighted by Crippen LogP contribution is 2.34. The lowest BCUT2D eigenvalue weighted by Gasteiger charge is -2.35. The van der Waals surface area contributed by atoms with Crippen LogP contribution in [0.25, 0.3) is 0 Å². The van der Waals surface area contributed by atoms with E-state index >= 15 is 0 Å². The number of aryl methyl sites for hydroxylation is 1. The zero-order valence-corrected chi connectivity index (χ0v) is 14.7. The first-order valence-corrected chi connectivity index (χ1v) is 9.24. The summed E-state index contributed by atoms with van der Waals surface area (Å²) in [5, 5.41) is 0. The van der Waals surface area contributed by atoms with Crippen LogP contribution in [0.15, 0.2) is 30.3 Å². The highest BCUT2D eigenvalue weighted by Gasteiger charge is 2.26. The molecule has 24 heavy (non-hydrogen) atoms. The second kappa shape index (κ2) is 6.42. The van der Waals surface area contributed by atoms with E-state index in [0.29, 0.717) is 6.04 Å². The van der Waals surface area contributed by atoms with Crippen LogP contribution in [0.4, 0.5) is 17.5 Å². The van der Waals surface area contributed by atoms with Crippen molar-refractivity contribution >= 4 is 17.5 Å². The lowest BCUT2D eigenvalue weighted by Crippen LogP contribution is -2.40. The quantitative estimate of drug-likeness (QED) is 0.845. The first kappa shape index (κ1) is 15.4. The summed E-state index contributed by atoms with van der Waals surface area (Å²) in [5.41, 5.74) is 3.77. The van der Waals surface area contributed by atoms with Crippen LogP contribution in [-0.2, 0) is 6.42 Å². The van der Waals surface area contributed by atoms with Crippen molar-refractivity contribution in [1.29, 1.82) is 0 Å². The molecule has 3 heterocycles. The lowest BCUT2D eigenvalue weighted by molar-refractivity contribution is 0.443. The second-order valence-electron chi connectivity index (χ2n) is 6.95. The van der Waals surface area contributed by atoms with Crippen molar-refractivity contribution in [3.05, 3.63) is 41.6 Å². The Labute approximate surface area is 144 Å². The van der Waals surface area contributed by atoms with Crippen LogP contribution < -0.4 is 9.80 Å². The SMILES string of the molecule is CCC1CCCCN1c1nc(C)cc(N2CCc3ccccc32)n1.